The van der Waals surface area contributed by atoms with Gasteiger partial charge in [0.2, 0.25) is 0 Å². The van der Waals surface area contributed by atoms with Gasteiger partial charge in [0.25, 0.3) is 0 Å². The minimum Gasteiger partial charge on any atom is -0.455 e. The summed E-state index contributed by atoms with van der Waals surface area (Å²) >= 11 is 0. The molecule has 1 heteroatoms. The summed E-state index contributed by atoms with van der Waals surface area (Å²) in [6, 6.07) is 61.4. The summed E-state index contributed by atoms with van der Waals surface area (Å²) in [6.45, 7) is 0. The molecular weight excluding hydrogens is 569 g/mol. The zero-order chi connectivity index (χ0) is 30.9. The monoisotopic (exact) mass is 596 g/mol. The predicted molar refractivity (Wildman–Crippen MR) is 200 cm³/mol. The van der Waals surface area contributed by atoms with Gasteiger partial charge in [-0.15, -0.1) is 0 Å². The highest BCUT2D eigenvalue weighted by atomic mass is 16.3. The highest BCUT2D eigenvalue weighted by Crippen LogP contribution is 2.45. The summed E-state index contributed by atoms with van der Waals surface area (Å²) in [5.74, 6) is 0. The Hall–Kier alpha value is -6.18. The van der Waals surface area contributed by atoms with Gasteiger partial charge >= 0.3 is 0 Å². The van der Waals surface area contributed by atoms with Crippen LogP contribution in [-0.2, 0) is 0 Å². The quantitative estimate of drug-likeness (QED) is 0.146. The normalized spacial score (nSPS) is 11.8. The van der Waals surface area contributed by atoms with Crippen molar-refractivity contribution in [1.82, 2.24) is 0 Å². The van der Waals surface area contributed by atoms with Gasteiger partial charge in [-0.3, -0.25) is 0 Å². The van der Waals surface area contributed by atoms with Gasteiger partial charge in [-0.1, -0.05) is 152 Å². The molecule has 218 valence electrons. The summed E-state index contributed by atoms with van der Waals surface area (Å²) in [4.78, 5) is 0. The summed E-state index contributed by atoms with van der Waals surface area (Å²) in [6.07, 6.45) is 0. The van der Waals surface area contributed by atoms with Crippen LogP contribution in [0.4, 0.5) is 0 Å². The van der Waals surface area contributed by atoms with E-state index in [2.05, 4.69) is 170 Å². The molecule has 1 nitrogen and oxygen atoms in total. The van der Waals surface area contributed by atoms with Crippen LogP contribution in [0.5, 0.6) is 0 Å². The maximum absolute atomic E-state index is 6.60. The molecule has 0 saturated carbocycles. The lowest BCUT2D eigenvalue weighted by Crippen LogP contribution is -1.91. The smallest absolute Gasteiger partial charge is 0.143 e. The van der Waals surface area contributed by atoms with Gasteiger partial charge in [0, 0.05) is 16.2 Å². The minimum atomic E-state index is 0.912. The van der Waals surface area contributed by atoms with Crippen LogP contribution in [0.15, 0.2) is 174 Å². The lowest BCUT2D eigenvalue weighted by molar-refractivity contribution is 0.673. The molecule has 1 heterocycles. The first-order valence-electron chi connectivity index (χ1n) is 16.2. The summed E-state index contributed by atoms with van der Waals surface area (Å²) in [5.41, 5.74) is 9.23. The molecule has 0 aliphatic carbocycles. The van der Waals surface area contributed by atoms with Crippen LogP contribution in [0.3, 0.4) is 0 Å². The molecule has 0 spiro atoms. The lowest BCUT2D eigenvalue weighted by atomic mass is 9.85. The van der Waals surface area contributed by atoms with Gasteiger partial charge in [-0.05, 0) is 89.3 Å². The lowest BCUT2D eigenvalue weighted by Gasteiger charge is -2.18. The minimum absolute atomic E-state index is 0.912. The van der Waals surface area contributed by atoms with E-state index in [1.165, 1.54) is 76.5 Å². The number of fused-ring (bicyclic) bond motifs is 10. The van der Waals surface area contributed by atoms with E-state index in [1.807, 2.05) is 0 Å². The highest BCUT2D eigenvalue weighted by molar-refractivity contribution is 6.30. The molecule has 47 heavy (non-hydrogen) atoms. The van der Waals surface area contributed by atoms with Crippen molar-refractivity contribution in [2.45, 2.75) is 0 Å². The summed E-state index contributed by atoms with van der Waals surface area (Å²) in [7, 11) is 0. The Morgan fingerprint density at radius 1 is 0.277 bits per heavy atom. The number of rotatable bonds is 3. The van der Waals surface area contributed by atoms with Gasteiger partial charge in [0.05, 0.1) is 0 Å². The van der Waals surface area contributed by atoms with Gasteiger partial charge in [-0.2, -0.15) is 0 Å². The van der Waals surface area contributed by atoms with Crippen molar-refractivity contribution >= 4 is 65.0 Å². The van der Waals surface area contributed by atoms with Crippen molar-refractivity contribution in [2.75, 3.05) is 0 Å². The summed E-state index contributed by atoms with van der Waals surface area (Å²) in [5, 5.41) is 12.2. The van der Waals surface area contributed by atoms with E-state index in [-0.39, 0.29) is 0 Å². The Labute approximate surface area is 271 Å². The van der Waals surface area contributed by atoms with E-state index < -0.39 is 0 Å². The second-order valence-corrected chi connectivity index (χ2v) is 12.4. The van der Waals surface area contributed by atoms with Crippen LogP contribution in [-0.4, -0.2) is 0 Å². The first kappa shape index (κ1) is 26.1. The van der Waals surface area contributed by atoms with E-state index in [0.717, 1.165) is 21.9 Å². The van der Waals surface area contributed by atoms with Gasteiger partial charge in [0.1, 0.15) is 11.2 Å². The van der Waals surface area contributed by atoms with Crippen LogP contribution < -0.4 is 0 Å². The summed E-state index contributed by atoms with van der Waals surface area (Å²) < 4.78 is 6.60. The molecule has 10 rings (SSSR count). The second kappa shape index (κ2) is 10.2. The molecule has 0 aliphatic rings. The van der Waals surface area contributed by atoms with Gasteiger partial charge < -0.3 is 4.42 Å². The van der Waals surface area contributed by atoms with Gasteiger partial charge in [0.15, 0.2) is 0 Å². The van der Waals surface area contributed by atoms with Gasteiger partial charge in [-0.25, -0.2) is 0 Å². The predicted octanol–water partition coefficient (Wildman–Crippen LogP) is 13.2. The Bertz CT molecular complexity index is 2780. The zero-order valence-corrected chi connectivity index (χ0v) is 25.6. The topological polar surface area (TPSA) is 13.1 Å². The van der Waals surface area contributed by atoms with Crippen LogP contribution in [0.1, 0.15) is 0 Å². The van der Waals surface area contributed by atoms with E-state index in [9.17, 15) is 0 Å². The van der Waals surface area contributed by atoms with E-state index in [4.69, 9.17) is 4.42 Å². The third-order valence-corrected chi connectivity index (χ3v) is 9.82. The molecule has 0 amide bonds. The Morgan fingerprint density at radius 2 is 0.745 bits per heavy atom. The number of hydrogen-bond donors (Lipinski definition) is 0. The highest BCUT2D eigenvalue weighted by Gasteiger charge is 2.18. The van der Waals surface area contributed by atoms with Crippen LogP contribution in [0, 0.1) is 0 Å². The van der Waals surface area contributed by atoms with Crippen molar-refractivity contribution in [1.29, 1.82) is 0 Å². The molecule has 0 aliphatic heterocycles. The second-order valence-electron chi connectivity index (χ2n) is 12.4. The maximum atomic E-state index is 6.60. The molecule has 0 unspecified atom stereocenters. The van der Waals surface area contributed by atoms with E-state index in [0.29, 0.717) is 0 Å². The third kappa shape index (κ3) is 3.90. The Kier molecular flexibility index (Phi) is 5.64. The van der Waals surface area contributed by atoms with Crippen molar-refractivity contribution in [3.05, 3.63) is 170 Å². The average Bonchev–Trinajstić information content (AvgIpc) is 3.54. The SMILES string of the molecule is c1ccc(-c2c3ccccc3c(-c3cccc(-c4ccc5oc6c7ccccc7c7ccccc7c6c5c4)c3)c3ccccc23)cc1. The van der Waals surface area contributed by atoms with E-state index in [1.54, 1.807) is 0 Å². The number of furan rings is 1. The Morgan fingerprint density at radius 3 is 1.40 bits per heavy atom. The first-order valence-corrected chi connectivity index (χ1v) is 16.2. The molecule has 1 aromatic heterocycles. The zero-order valence-electron chi connectivity index (χ0n) is 25.6. The molecule has 0 atom stereocenters. The molecule has 10 aromatic rings. The first-order chi connectivity index (χ1) is 23.3. The number of benzene rings is 9. The third-order valence-electron chi connectivity index (χ3n) is 9.82. The molecule has 0 N–H and O–H groups in total. The largest absolute Gasteiger partial charge is 0.455 e. The fourth-order valence-electron chi connectivity index (χ4n) is 7.80. The van der Waals surface area contributed by atoms with Crippen molar-refractivity contribution in [3.8, 4) is 33.4 Å². The van der Waals surface area contributed by atoms with Crippen LogP contribution in [0.25, 0.3) is 98.4 Å². The molecule has 0 saturated heterocycles. The number of hydrogen-bond acceptors (Lipinski definition) is 1. The van der Waals surface area contributed by atoms with Crippen molar-refractivity contribution in [3.63, 3.8) is 0 Å². The molecule has 0 bridgehead atoms. The Balaban J connectivity index is 1.22. The van der Waals surface area contributed by atoms with Crippen LogP contribution in [0.2, 0.25) is 0 Å². The molecule has 0 fully saturated rings. The van der Waals surface area contributed by atoms with Crippen molar-refractivity contribution < 1.29 is 4.42 Å². The van der Waals surface area contributed by atoms with Crippen LogP contribution >= 0.6 is 0 Å². The van der Waals surface area contributed by atoms with Crippen molar-refractivity contribution in [2.24, 2.45) is 0 Å². The average molecular weight is 597 g/mol. The molecule has 0 radical (unpaired) electrons. The molecular formula is C46H28O. The fraction of sp³-hybridized carbons (Fsp3) is 0. The fourth-order valence-corrected chi connectivity index (χ4v) is 7.80. The molecule has 9 aromatic carbocycles. The standard InChI is InChI=1S/C46H28O/c1-2-13-29(14-3-1)43-36-20-7-9-22-38(36)44(39-23-10-8-21-37(39)43)32-16-12-15-30(27-32)31-25-26-42-41(28-31)45-35-19-6-4-17-33(35)34-18-5-11-24-40(34)46(45)47-42/h1-28H. The van der Waals surface area contributed by atoms with E-state index >= 15 is 0 Å². The maximum Gasteiger partial charge on any atom is 0.143 e.